The summed E-state index contributed by atoms with van der Waals surface area (Å²) in [7, 11) is 1.65. The SMILES string of the molecule is COc1ccc(-c2ccc(N3CCCN(C(=O)CN(C(=O)C4CC4)C(C)C)CC3)nn2)cc1. The third-order valence-electron chi connectivity index (χ3n) is 6.35. The first-order valence-corrected chi connectivity index (χ1v) is 11.8. The topological polar surface area (TPSA) is 78.9 Å². The zero-order valence-corrected chi connectivity index (χ0v) is 19.7. The van der Waals surface area contributed by atoms with Crippen LogP contribution in [0.15, 0.2) is 36.4 Å². The van der Waals surface area contributed by atoms with Crippen molar-refractivity contribution in [1.82, 2.24) is 20.0 Å². The number of carbonyl (C=O) groups excluding carboxylic acids is 2. The minimum Gasteiger partial charge on any atom is -0.497 e. The van der Waals surface area contributed by atoms with Gasteiger partial charge in [0.15, 0.2) is 5.82 Å². The number of aromatic nitrogens is 2. The Balaban J connectivity index is 1.35. The molecule has 0 unspecified atom stereocenters. The van der Waals surface area contributed by atoms with Gasteiger partial charge in [-0.1, -0.05) is 0 Å². The largest absolute Gasteiger partial charge is 0.497 e. The zero-order valence-electron chi connectivity index (χ0n) is 19.7. The predicted octanol–water partition coefficient (Wildman–Crippen LogP) is 2.84. The number of hydrogen-bond donors (Lipinski definition) is 0. The maximum Gasteiger partial charge on any atom is 0.242 e. The Hall–Kier alpha value is -3.16. The number of ether oxygens (including phenoxy) is 1. The zero-order chi connectivity index (χ0) is 23.4. The summed E-state index contributed by atoms with van der Waals surface area (Å²) in [5.74, 6) is 1.90. The lowest BCUT2D eigenvalue weighted by Gasteiger charge is -2.29. The van der Waals surface area contributed by atoms with Crippen molar-refractivity contribution in [1.29, 1.82) is 0 Å². The molecule has 1 saturated heterocycles. The lowest BCUT2D eigenvalue weighted by molar-refractivity contribution is -0.142. The van der Waals surface area contributed by atoms with E-state index in [1.165, 1.54) is 0 Å². The average Bonchev–Trinajstić information content (AvgIpc) is 3.69. The smallest absolute Gasteiger partial charge is 0.242 e. The Morgan fingerprint density at radius 2 is 1.79 bits per heavy atom. The summed E-state index contributed by atoms with van der Waals surface area (Å²) >= 11 is 0. The van der Waals surface area contributed by atoms with Crippen LogP contribution >= 0.6 is 0 Å². The van der Waals surface area contributed by atoms with Crippen molar-refractivity contribution < 1.29 is 14.3 Å². The molecule has 2 fully saturated rings. The molecule has 0 N–H and O–H groups in total. The first kappa shape index (κ1) is 23.0. The molecule has 1 aliphatic heterocycles. The fourth-order valence-electron chi connectivity index (χ4n) is 4.13. The molecule has 2 amide bonds. The van der Waals surface area contributed by atoms with E-state index in [0.29, 0.717) is 19.6 Å². The molecular formula is C25H33N5O3. The molecule has 176 valence electrons. The van der Waals surface area contributed by atoms with E-state index in [4.69, 9.17) is 4.74 Å². The quantitative estimate of drug-likeness (QED) is 0.644. The maximum atomic E-state index is 13.0. The van der Waals surface area contributed by atoms with Crippen molar-refractivity contribution in [2.24, 2.45) is 5.92 Å². The average molecular weight is 452 g/mol. The highest BCUT2D eigenvalue weighted by Gasteiger charge is 2.35. The van der Waals surface area contributed by atoms with E-state index in [1.807, 2.05) is 55.1 Å². The van der Waals surface area contributed by atoms with Gasteiger partial charge in [0.2, 0.25) is 11.8 Å². The van der Waals surface area contributed by atoms with Crippen LogP contribution in [0.4, 0.5) is 5.82 Å². The number of benzene rings is 1. The Bertz CT molecular complexity index is 957. The third kappa shape index (κ3) is 5.61. The molecule has 0 atom stereocenters. The van der Waals surface area contributed by atoms with Gasteiger partial charge >= 0.3 is 0 Å². The lowest BCUT2D eigenvalue weighted by Crippen LogP contribution is -2.47. The Morgan fingerprint density at radius 3 is 2.39 bits per heavy atom. The Kier molecular flexibility index (Phi) is 7.11. The van der Waals surface area contributed by atoms with Crippen LogP contribution in [0.1, 0.15) is 33.1 Å². The van der Waals surface area contributed by atoms with Gasteiger partial charge in [0.1, 0.15) is 5.75 Å². The fraction of sp³-hybridized carbons (Fsp3) is 0.520. The van der Waals surface area contributed by atoms with Crippen LogP contribution in [0.25, 0.3) is 11.3 Å². The second-order valence-electron chi connectivity index (χ2n) is 9.06. The van der Waals surface area contributed by atoms with Crippen LogP contribution < -0.4 is 9.64 Å². The second-order valence-corrected chi connectivity index (χ2v) is 9.06. The van der Waals surface area contributed by atoms with Gasteiger partial charge in [-0.2, -0.15) is 0 Å². The van der Waals surface area contributed by atoms with Crippen LogP contribution in [0.3, 0.4) is 0 Å². The standard InChI is InChI=1S/C25H33N5O3/c1-18(2)30(25(32)20-5-6-20)17-24(31)29-14-4-13-28(15-16-29)23-12-11-22(26-27-23)19-7-9-21(33-3)10-8-19/h7-12,18,20H,4-6,13-17H2,1-3H3. The lowest BCUT2D eigenvalue weighted by atomic mass is 10.1. The summed E-state index contributed by atoms with van der Waals surface area (Å²) < 4.78 is 5.21. The van der Waals surface area contributed by atoms with Gasteiger partial charge in [-0.05, 0) is 69.5 Å². The molecule has 1 aliphatic carbocycles. The first-order chi connectivity index (χ1) is 16.0. The highest BCUT2D eigenvalue weighted by molar-refractivity contribution is 5.87. The third-order valence-corrected chi connectivity index (χ3v) is 6.35. The molecule has 0 bridgehead atoms. The van der Waals surface area contributed by atoms with Crippen molar-refractivity contribution in [3.8, 4) is 17.0 Å². The normalized spacial score (nSPS) is 16.5. The molecular weight excluding hydrogens is 418 g/mol. The van der Waals surface area contributed by atoms with Gasteiger partial charge in [-0.15, -0.1) is 10.2 Å². The summed E-state index contributed by atoms with van der Waals surface area (Å²) in [5.41, 5.74) is 1.79. The van der Waals surface area contributed by atoms with Crippen LogP contribution in [-0.4, -0.2) is 77.7 Å². The van der Waals surface area contributed by atoms with E-state index in [2.05, 4.69) is 15.1 Å². The molecule has 8 nitrogen and oxygen atoms in total. The van der Waals surface area contributed by atoms with E-state index in [1.54, 1.807) is 12.0 Å². The number of amides is 2. The molecule has 2 heterocycles. The van der Waals surface area contributed by atoms with Crippen LogP contribution in [-0.2, 0) is 9.59 Å². The molecule has 0 radical (unpaired) electrons. The van der Waals surface area contributed by atoms with Gasteiger partial charge in [0.25, 0.3) is 0 Å². The van der Waals surface area contributed by atoms with Crippen molar-refractivity contribution in [2.45, 2.75) is 39.2 Å². The van der Waals surface area contributed by atoms with Crippen molar-refractivity contribution in [2.75, 3.05) is 44.7 Å². The fourth-order valence-corrected chi connectivity index (χ4v) is 4.13. The Labute approximate surface area is 195 Å². The summed E-state index contributed by atoms with van der Waals surface area (Å²) in [5, 5.41) is 8.85. The van der Waals surface area contributed by atoms with Gasteiger partial charge in [0.05, 0.1) is 19.3 Å². The second kappa shape index (κ2) is 10.2. The molecule has 33 heavy (non-hydrogen) atoms. The summed E-state index contributed by atoms with van der Waals surface area (Å²) in [6, 6.07) is 11.7. The Morgan fingerprint density at radius 1 is 1.03 bits per heavy atom. The van der Waals surface area contributed by atoms with E-state index >= 15 is 0 Å². The molecule has 1 aromatic heterocycles. The monoisotopic (exact) mass is 451 g/mol. The van der Waals surface area contributed by atoms with Crippen LogP contribution in [0.5, 0.6) is 5.75 Å². The van der Waals surface area contributed by atoms with Crippen molar-refractivity contribution in [3.05, 3.63) is 36.4 Å². The highest BCUT2D eigenvalue weighted by atomic mass is 16.5. The van der Waals surface area contributed by atoms with E-state index in [-0.39, 0.29) is 30.3 Å². The molecule has 1 aromatic carbocycles. The molecule has 1 saturated carbocycles. The van der Waals surface area contributed by atoms with Gasteiger partial charge in [-0.25, -0.2) is 0 Å². The van der Waals surface area contributed by atoms with Gasteiger partial charge in [-0.3, -0.25) is 9.59 Å². The highest BCUT2D eigenvalue weighted by Crippen LogP contribution is 2.31. The number of methoxy groups -OCH3 is 1. The van der Waals surface area contributed by atoms with Crippen LogP contribution in [0, 0.1) is 5.92 Å². The minimum atomic E-state index is 0.0282. The minimum absolute atomic E-state index is 0.0282. The summed E-state index contributed by atoms with van der Waals surface area (Å²) in [4.78, 5) is 31.3. The van der Waals surface area contributed by atoms with E-state index < -0.39 is 0 Å². The summed E-state index contributed by atoms with van der Waals surface area (Å²) in [6.45, 7) is 6.94. The van der Waals surface area contributed by atoms with Gasteiger partial charge < -0.3 is 19.4 Å². The number of anilines is 1. The molecule has 2 aliphatic rings. The predicted molar refractivity (Wildman–Crippen MR) is 127 cm³/mol. The van der Waals surface area contributed by atoms with Crippen LogP contribution in [0.2, 0.25) is 0 Å². The number of rotatable bonds is 7. The van der Waals surface area contributed by atoms with E-state index in [9.17, 15) is 9.59 Å². The number of carbonyl (C=O) groups is 2. The van der Waals surface area contributed by atoms with Crippen molar-refractivity contribution in [3.63, 3.8) is 0 Å². The number of hydrogen-bond acceptors (Lipinski definition) is 6. The maximum absolute atomic E-state index is 13.0. The number of nitrogens with zero attached hydrogens (tertiary/aromatic N) is 5. The molecule has 4 rings (SSSR count). The summed E-state index contributed by atoms with van der Waals surface area (Å²) in [6.07, 6.45) is 2.76. The van der Waals surface area contributed by atoms with Gasteiger partial charge in [0, 0.05) is 43.7 Å². The van der Waals surface area contributed by atoms with E-state index in [0.717, 1.165) is 48.6 Å². The molecule has 0 spiro atoms. The molecule has 8 heteroatoms. The van der Waals surface area contributed by atoms with Crippen molar-refractivity contribution >= 4 is 17.6 Å². The first-order valence-electron chi connectivity index (χ1n) is 11.8. The molecule has 2 aromatic rings.